The van der Waals surface area contributed by atoms with Crippen LogP contribution in [-0.2, 0) is 5.88 Å². The van der Waals surface area contributed by atoms with E-state index in [9.17, 15) is 0 Å². The fourth-order valence-electron chi connectivity index (χ4n) is 1.62. The number of halogens is 5. The van der Waals surface area contributed by atoms with Crippen LogP contribution < -0.4 is 0 Å². The summed E-state index contributed by atoms with van der Waals surface area (Å²) in [5, 5.41) is 1.73. The van der Waals surface area contributed by atoms with Gasteiger partial charge < -0.3 is 0 Å². The Kier molecular flexibility index (Phi) is 4.69. The molecule has 0 N–H and O–H groups in total. The van der Waals surface area contributed by atoms with Gasteiger partial charge in [-0.25, -0.2) is 0 Å². The van der Waals surface area contributed by atoms with Crippen molar-refractivity contribution >= 4 is 58.0 Å². The maximum atomic E-state index is 6.28. The van der Waals surface area contributed by atoms with Crippen molar-refractivity contribution in [2.45, 2.75) is 5.88 Å². The number of hydrogen-bond acceptors (Lipinski definition) is 0. The molecule has 0 aliphatic rings. The van der Waals surface area contributed by atoms with Crippen molar-refractivity contribution in [1.29, 1.82) is 0 Å². The highest BCUT2D eigenvalue weighted by Gasteiger charge is 2.11. The van der Waals surface area contributed by atoms with Crippen LogP contribution >= 0.6 is 58.0 Å². The van der Waals surface area contributed by atoms with E-state index in [0.717, 1.165) is 16.7 Å². The first kappa shape index (κ1) is 14.3. The highest BCUT2D eigenvalue weighted by Crippen LogP contribution is 2.38. The molecule has 0 spiro atoms. The van der Waals surface area contributed by atoms with Gasteiger partial charge in [-0.1, -0.05) is 64.6 Å². The summed E-state index contributed by atoms with van der Waals surface area (Å²) >= 11 is 30.0. The lowest BCUT2D eigenvalue weighted by Crippen LogP contribution is -1.86. The van der Waals surface area contributed by atoms with E-state index in [2.05, 4.69) is 0 Å². The largest absolute Gasteiger partial charge is 0.121 e. The number of hydrogen-bond donors (Lipinski definition) is 0. The third kappa shape index (κ3) is 2.74. The van der Waals surface area contributed by atoms with Crippen molar-refractivity contribution in [2.75, 3.05) is 0 Å². The Balaban J connectivity index is 2.62. The molecule has 0 nitrogen and oxygen atoms in total. The Bertz CT molecular complexity index is 569. The highest BCUT2D eigenvalue weighted by molar-refractivity contribution is 6.48. The lowest BCUT2D eigenvalue weighted by Gasteiger charge is -2.10. The molecule has 18 heavy (non-hydrogen) atoms. The second-order valence-electron chi connectivity index (χ2n) is 3.67. The van der Waals surface area contributed by atoms with Gasteiger partial charge in [0.2, 0.25) is 0 Å². The molecule has 0 radical (unpaired) electrons. The Labute approximate surface area is 130 Å². The Morgan fingerprint density at radius 1 is 0.833 bits per heavy atom. The van der Waals surface area contributed by atoms with Crippen LogP contribution in [0.15, 0.2) is 30.3 Å². The zero-order valence-corrected chi connectivity index (χ0v) is 12.8. The van der Waals surface area contributed by atoms with Crippen LogP contribution in [0.5, 0.6) is 0 Å². The van der Waals surface area contributed by atoms with Gasteiger partial charge in [0.05, 0.1) is 20.1 Å². The SMILES string of the molecule is ClCc1cccc(-c2cc(Cl)c(Cl)c(Cl)c2)c1Cl. The van der Waals surface area contributed by atoms with Crippen LogP contribution in [-0.4, -0.2) is 0 Å². The highest BCUT2D eigenvalue weighted by atomic mass is 35.5. The molecule has 0 aliphatic heterocycles. The number of benzene rings is 2. The predicted molar refractivity (Wildman–Crippen MR) is 81.5 cm³/mol. The summed E-state index contributed by atoms with van der Waals surface area (Å²) in [5.74, 6) is 0.349. The summed E-state index contributed by atoms with van der Waals surface area (Å²) in [4.78, 5) is 0. The van der Waals surface area contributed by atoms with Crippen molar-refractivity contribution in [3.8, 4) is 11.1 Å². The van der Waals surface area contributed by atoms with Crippen molar-refractivity contribution in [3.63, 3.8) is 0 Å². The molecule has 0 aliphatic carbocycles. The van der Waals surface area contributed by atoms with E-state index in [0.29, 0.717) is 26.0 Å². The molecule has 0 heterocycles. The topological polar surface area (TPSA) is 0 Å². The first-order valence-electron chi connectivity index (χ1n) is 5.03. The van der Waals surface area contributed by atoms with Gasteiger partial charge in [0, 0.05) is 11.4 Å². The average molecular weight is 340 g/mol. The minimum atomic E-state index is 0.340. The molecule has 0 aromatic heterocycles. The molecule has 0 atom stereocenters. The van der Waals surface area contributed by atoms with Crippen LogP contribution in [0.1, 0.15) is 5.56 Å². The second kappa shape index (κ2) is 5.90. The molecule has 0 fully saturated rings. The molecule has 2 aromatic carbocycles. The van der Waals surface area contributed by atoms with Crippen LogP contribution in [0.2, 0.25) is 20.1 Å². The first-order valence-corrected chi connectivity index (χ1v) is 7.07. The smallest absolute Gasteiger partial charge is 0.0778 e. The summed E-state index contributed by atoms with van der Waals surface area (Å²) in [6, 6.07) is 9.10. The van der Waals surface area contributed by atoms with Crippen LogP contribution in [0.3, 0.4) is 0 Å². The van der Waals surface area contributed by atoms with E-state index in [1.54, 1.807) is 12.1 Å². The molecular weight excluding hydrogens is 333 g/mol. The molecule has 0 unspecified atom stereocenters. The maximum Gasteiger partial charge on any atom is 0.0778 e. The average Bonchev–Trinajstić information content (AvgIpc) is 2.35. The Morgan fingerprint density at radius 3 is 2.00 bits per heavy atom. The van der Waals surface area contributed by atoms with Crippen LogP contribution in [0.25, 0.3) is 11.1 Å². The lowest BCUT2D eigenvalue weighted by molar-refractivity contribution is 1.40. The maximum absolute atomic E-state index is 6.28. The number of rotatable bonds is 2. The van der Waals surface area contributed by atoms with E-state index in [1.165, 1.54) is 0 Å². The van der Waals surface area contributed by atoms with Gasteiger partial charge in [0.1, 0.15) is 0 Å². The van der Waals surface area contributed by atoms with Gasteiger partial charge in [-0.2, -0.15) is 0 Å². The first-order chi connectivity index (χ1) is 8.54. The van der Waals surface area contributed by atoms with Gasteiger partial charge in [-0.05, 0) is 23.3 Å². The van der Waals surface area contributed by atoms with Crippen molar-refractivity contribution in [3.05, 3.63) is 56.0 Å². The molecule has 94 valence electrons. The van der Waals surface area contributed by atoms with Gasteiger partial charge >= 0.3 is 0 Å². The third-order valence-corrected chi connectivity index (χ3v) is 4.45. The standard InChI is InChI=1S/C13H7Cl5/c14-6-7-2-1-3-9(12(7)17)8-4-10(15)13(18)11(16)5-8/h1-5H,6H2. The zero-order chi connectivity index (χ0) is 13.3. The minimum absolute atomic E-state index is 0.340. The third-order valence-electron chi connectivity index (χ3n) is 2.52. The molecule has 0 saturated carbocycles. The molecule has 0 amide bonds. The lowest BCUT2D eigenvalue weighted by atomic mass is 10.0. The summed E-state index contributed by atoms with van der Waals surface area (Å²) in [5.41, 5.74) is 2.50. The van der Waals surface area contributed by atoms with Gasteiger partial charge in [-0.15, -0.1) is 11.6 Å². The van der Waals surface area contributed by atoms with Gasteiger partial charge in [0.15, 0.2) is 0 Å². The molecule has 0 bridgehead atoms. The van der Waals surface area contributed by atoms with Gasteiger partial charge in [0.25, 0.3) is 0 Å². The Hall–Kier alpha value is -0.110. The second-order valence-corrected chi connectivity index (χ2v) is 5.50. The van der Waals surface area contributed by atoms with Crippen LogP contribution in [0, 0.1) is 0 Å². The fourth-order valence-corrected chi connectivity index (χ4v) is 2.81. The van der Waals surface area contributed by atoms with E-state index >= 15 is 0 Å². The molecule has 0 saturated heterocycles. The summed E-state index contributed by atoms with van der Waals surface area (Å²) in [7, 11) is 0. The minimum Gasteiger partial charge on any atom is -0.121 e. The monoisotopic (exact) mass is 338 g/mol. The van der Waals surface area contributed by atoms with E-state index in [4.69, 9.17) is 58.0 Å². The van der Waals surface area contributed by atoms with Crippen molar-refractivity contribution < 1.29 is 0 Å². The van der Waals surface area contributed by atoms with Crippen molar-refractivity contribution in [2.24, 2.45) is 0 Å². The molecule has 5 heteroatoms. The number of alkyl halides is 1. The van der Waals surface area contributed by atoms with E-state index < -0.39 is 0 Å². The molecular formula is C13H7Cl5. The molecule has 2 rings (SSSR count). The van der Waals surface area contributed by atoms with Crippen molar-refractivity contribution in [1.82, 2.24) is 0 Å². The summed E-state index contributed by atoms with van der Waals surface area (Å²) in [6.07, 6.45) is 0. The summed E-state index contributed by atoms with van der Waals surface area (Å²) < 4.78 is 0. The summed E-state index contributed by atoms with van der Waals surface area (Å²) in [6.45, 7) is 0. The predicted octanol–water partition coefficient (Wildman–Crippen LogP) is 6.71. The van der Waals surface area contributed by atoms with E-state index in [1.807, 2.05) is 18.2 Å². The fraction of sp³-hybridized carbons (Fsp3) is 0.0769. The quantitative estimate of drug-likeness (QED) is 0.421. The molecule has 2 aromatic rings. The van der Waals surface area contributed by atoms with E-state index in [-0.39, 0.29) is 0 Å². The zero-order valence-electron chi connectivity index (χ0n) is 8.98. The van der Waals surface area contributed by atoms with Gasteiger partial charge in [-0.3, -0.25) is 0 Å². The Morgan fingerprint density at radius 2 is 1.44 bits per heavy atom. The van der Waals surface area contributed by atoms with Crippen LogP contribution in [0.4, 0.5) is 0 Å². The normalized spacial score (nSPS) is 10.7.